The van der Waals surface area contributed by atoms with Crippen LogP contribution in [0, 0.1) is 0 Å². The number of carboxylic acid groups (broad SMARTS) is 1. The topological polar surface area (TPSA) is 259 Å². The van der Waals surface area contributed by atoms with Crippen molar-refractivity contribution in [3.8, 4) is 0 Å². The van der Waals surface area contributed by atoms with Gasteiger partial charge in [0.05, 0.1) is 6.61 Å². The molecule has 0 aromatic carbocycles. The molecule has 31 heavy (non-hydrogen) atoms. The minimum absolute atomic E-state index is 0.731. The summed E-state index contributed by atoms with van der Waals surface area (Å²) in [5.74, 6) is -2.44. The van der Waals surface area contributed by atoms with Gasteiger partial charge >= 0.3 is 16.4 Å². The van der Waals surface area contributed by atoms with E-state index in [4.69, 9.17) is 23.9 Å². The van der Waals surface area contributed by atoms with Gasteiger partial charge in [0.1, 0.15) is 42.7 Å². The number of rotatable bonds is 7. The van der Waals surface area contributed by atoms with E-state index in [1.165, 1.54) is 0 Å². The predicted octanol–water partition coefficient (Wildman–Crippen LogP) is -5.33. The summed E-state index contributed by atoms with van der Waals surface area (Å²) in [6, 6.07) is -1.54. The van der Waals surface area contributed by atoms with Crippen molar-refractivity contribution in [1.82, 2.24) is 5.32 Å². The maximum absolute atomic E-state index is 11.5. The van der Waals surface area contributed by atoms with Gasteiger partial charge in [-0.05, 0) is 0 Å². The van der Waals surface area contributed by atoms with Crippen molar-refractivity contribution in [3.63, 3.8) is 0 Å². The summed E-state index contributed by atoms with van der Waals surface area (Å²) in [6.07, 6.45) is -17.3. The lowest BCUT2D eigenvalue weighted by Crippen LogP contribution is -2.68. The molecule has 2 fully saturated rings. The summed E-state index contributed by atoms with van der Waals surface area (Å²) in [4.78, 5) is 22.7. The van der Waals surface area contributed by atoms with Crippen molar-refractivity contribution in [2.75, 3.05) is 6.61 Å². The van der Waals surface area contributed by atoms with Gasteiger partial charge in [-0.1, -0.05) is 0 Å². The third kappa shape index (κ3) is 6.26. The van der Waals surface area contributed by atoms with Crippen LogP contribution in [0.1, 0.15) is 6.92 Å². The van der Waals surface area contributed by atoms with Gasteiger partial charge < -0.3 is 50.2 Å². The molecule has 0 aliphatic carbocycles. The van der Waals surface area contributed by atoms with Gasteiger partial charge in [0.2, 0.25) is 5.91 Å². The second-order valence-electron chi connectivity index (χ2n) is 6.83. The maximum Gasteiger partial charge on any atom is 0.397 e. The van der Waals surface area contributed by atoms with Gasteiger partial charge in [0.25, 0.3) is 0 Å². The number of aliphatic hydroxyl groups excluding tert-OH is 5. The zero-order valence-corrected chi connectivity index (χ0v) is 16.6. The monoisotopic (exact) mass is 477 g/mol. The van der Waals surface area contributed by atoms with E-state index in [0.717, 1.165) is 6.92 Å². The molecular weight excluding hydrogens is 454 g/mol. The normalized spacial score (nSPS) is 41.5. The van der Waals surface area contributed by atoms with Crippen LogP contribution in [0.15, 0.2) is 0 Å². The van der Waals surface area contributed by atoms with Crippen LogP contribution in [0.2, 0.25) is 0 Å². The van der Waals surface area contributed by atoms with Crippen LogP contribution in [-0.2, 0) is 38.4 Å². The van der Waals surface area contributed by atoms with Crippen LogP contribution in [0.25, 0.3) is 0 Å². The molecule has 0 aromatic rings. The number of amides is 1. The van der Waals surface area contributed by atoms with Crippen LogP contribution >= 0.6 is 0 Å². The summed E-state index contributed by atoms with van der Waals surface area (Å²) in [5, 5.41) is 61.6. The van der Waals surface area contributed by atoms with Gasteiger partial charge in [-0.15, -0.1) is 0 Å². The minimum atomic E-state index is -4.95. The van der Waals surface area contributed by atoms with Crippen molar-refractivity contribution in [1.29, 1.82) is 0 Å². The predicted molar refractivity (Wildman–Crippen MR) is 91.2 cm³/mol. The van der Waals surface area contributed by atoms with E-state index in [-0.39, 0.29) is 0 Å². The van der Waals surface area contributed by atoms with E-state index < -0.39 is 90.2 Å². The lowest BCUT2D eigenvalue weighted by molar-refractivity contribution is -0.336. The number of hydrogen-bond acceptors (Lipinski definition) is 13. The third-order valence-electron chi connectivity index (χ3n) is 4.55. The smallest absolute Gasteiger partial charge is 0.397 e. The summed E-state index contributed by atoms with van der Waals surface area (Å²) < 4.78 is 49.5. The zero-order valence-electron chi connectivity index (χ0n) is 15.8. The van der Waals surface area contributed by atoms with Gasteiger partial charge in [0, 0.05) is 6.92 Å². The number of ether oxygens (including phenoxy) is 3. The fourth-order valence-corrected chi connectivity index (χ4v) is 3.40. The number of nitrogens with one attached hydrogen (secondary N) is 1. The number of aliphatic hydroxyl groups is 5. The Bertz CT molecular complexity index is 761. The molecule has 0 bridgehead atoms. The molecule has 8 N–H and O–H groups in total. The van der Waals surface area contributed by atoms with Crippen LogP contribution in [0.4, 0.5) is 0 Å². The summed E-state index contributed by atoms with van der Waals surface area (Å²) >= 11 is 0. The molecule has 10 atom stereocenters. The Kier molecular flexibility index (Phi) is 8.27. The number of carbonyl (C=O) groups excluding carboxylic acids is 1. The van der Waals surface area contributed by atoms with Gasteiger partial charge in [-0.3, -0.25) is 9.35 Å². The molecule has 0 aromatic heterocycles. The first-order chi connectivity index (χ1) is 14.2. The Hall–Kier alpha value is -1.51. The van der Waals surface area contributed by atoms with Crippen molar-refractivity contribution in [2.45, 2.75) is 68.3 Å². The highest BCUT2D eigenvalue weighted by Crippen LogP contribution is 2.29. The minimum Gasteiger partial charge on any atom is -0.479 e. The fraction of sp³-hybridized carbons (Fsp3) is 0.857. The van der Waals surface area contributed by atoms with E-state index in [1.807, 2.05) is 0 Å². The molecule has 10 unspecified atom stereocenters. The molecule has 2 heterocycles. The molecule has 2 saturated heterocycles. The highest BCUT2D eigenvalue weighted by atomic mass is 32.3. The number of aliphatic carboxylic acids is 1. The number of carboxylic acids is 1. The second-order valence-corrected chi connectivity index (χ2v) is 7.92. The Morgan fingerprint density at radius 3 is 2.13 bits per heavy atom. The maximum atomic E-state index is 11.5. The Balaban J connectivity index is 2.27. The molecule has 0 spiro atoms. The molecule has 180 valence electrons. The van der Waals surface area contributed by atoms with Gasteiger partial charge in [-0.25, -0.2) is 8.98 Å². The first kappa shape index (κ1) is 25.7. The standard InChI is InChI=1S/C14H23NO15S/c1-3(16)15-5-10(6(17)4(28-13(5)23)2-27-31(24,25)26)29-14-9(20)7(18)8(19)11(30-14)12(21)22/h4-11,13-14,17-20,23H,2H2,1H3,(H,15,16)(H,21,22)(H,24,25,26). The third-order valence-corrected chi connectivity index (χ3v) is 4.98. The Morgan fingerprint density at radius 2 is 1.61 bits per heavy atom. The summed E-state index contributed by atoms with van der Waals surface area (Å²) in [6.45, 7) is 0.0348. The second kappa shape index (κ2) is 9.96. The van der Waals surface area contributed by atoms with E-state index in [0.29, 0.717) is 0 Å². The molecule has 2 aliphatic rings. The lowest BCUT2D eigenvalue weighted by Gasteiger charge is -2.46. The Morgan fingerprint density at radius 1 is 1.00 bits per heavy atom. The molecule has 2 aliphatic heterocycles. The molecular formula is C14H23NO15S. The van der Waals surface area contributed by atoms with Crippen LogP contribution in [0.5, 0.6) is 0 Å². The van der Waals surface area contributed by atoms with Crippen molar-refractivity contribution >= 4 is 22.3 Å². The van der Waals surface area contributed by atoms with Crippen LogP contribution in [-0.4, -0.2) is 123 Å². The summed E-state index contributed by atoms with van der Waals surface area (Å²) in [5.41, 5.74) is 0. The first-order valence-corrected chi connectivity index (χ1v) is 10.1. The number of hydrogen-bond donors (Lipinski definition) is 8. The molecule has 16 nitrogen and oxygen atoms in total. The van der Waals surface area contributed by atoms with Gasteiger partial charge in [0.15, 0.2) is 18.7 Å². The summed E-state index contributed by atoms with van der Waals surface area (Å²) in [7, 11) is -4.95. The lowest BCUT2D eigenvalue weighted by atomic mass is 9.95. The average Bonchev–Trinajstić information content (AvgIpc) is 2.64. The van der Waals surface area contributed by atoms with Crippen LogP contribution in [0.3, 0.4) is 0 Å². The quantitative estimate of drug-likeness (QED) is 0.159. The van der Waals surface area contributed by atoms with E-state index in [2.05, 4.69) is 9.50 Å². The number of carbonyl (C=O) groups is 2. The molecule has 0 saturated carbocycles. The zero-order chi connectivity index (χ0) is 23.7. The van der Waals surface area contributed by atoms with Crippen molar-refractivity contribution in [2.24, 2.45) is 0 Å². The molecule has 0 radical (unpaired) electrons. The largest absolute Gasteiger partial charge is 0.479 e. The molecule has 2 rings (SSSR count). The van der Waals surface area contributed by atoms with E-state index >= 15 is 0 Å². The Labute approximate surface area is 174 Å². The van der Waals surface area contributed by atoms with E-state index in [9.17, 15) is 43.5 Å². The molecule has 1 amide bonds. The first-order valence-electron chi connectivity index (χ1n) is 8.71. The molecule has 17 heteroatoms. The van der Waals surface area contributed by atoms with E-state index in [1.54, 1.807) is 0 Å². The highest BCUT2D eigenvalue weighted by Gasteiger charge is 2.52. The SMILES string of the molecule is CC(=O)NC1C(O)OC(COS(=O)(=O)O)C(O)C1OC1OC(C(=O)O)C(O)C(O)C1O. The van der Waals surface area contributed by atoms with Crippen molar-refractivity contribution < 1.29 is 71.6 Å². The highest BCUT2D eigenvalue weighted by molar-refractivity contribution is 7.80. The van der Waals surface area contributed by atoms with Crippen LogP contribution < -0.4 is 5.32 Å². The van der Waals surface area contributed by atoms with Gasteiger partial charge in [-0.2, -0.15) is 8.42 Å². The average molecular weight is 477 g/mol. The fourth-order valence-electron chi connectivity index (χ4n) is 3.09. The van der Waals surface area contributed by atoms with Crippen molar-refractivity contribution in [3.05, 3.63) is 0 Å².